The second-order valence-corrected chi connectivity index (χ2v) is 4.90. The lowest BCUT2D eigenvalue weighted by molar-refractivity contribution is 0.101. The van der Waals surface area contributed by atoms with E-state index in [2.05, 4.69) is 20.8 Å². The van der Waals surface area contributed by atoms with Crippen LogP contribution in [-0.4, -0.2) is 22.4 Å². The molecule has 0 aromatic rings. The van der Waals surface area contributed by atoms with Gasteiger partial charge in [-0.05, 0) is 25.7 Å². The number of rotatable bonds is 3. The molecule has 0 aliphatic heterocycles. The summed E-state index contributed by atoms with van der Waals surface area (Å²) in [5.41, 5.74) is 10.4. The first-order valence-electron chi connectivity index (χ1n) is 5.06. The third kappa shape index (κ3) is 2.40. The topological polar surface area (TPSA) is 103 Å². The van der Waals surface area contributed by atoms with Crippen LogP contribution < -0.4 is 11.5 Å². The Balaban J connectivity index is 5.30. The van der Waals surface area contributed by atoms with E-state index in [1.807, 2.05) is 13.8 Å². The fourth-order valence-corrected chi connectivity index (χ4v) is 1.47. The zero-order valence-electron chi connectivity index (χ0n) is 10.3. The molecule has 0 amide bonds. The van der Waals surface area contributed by atoms with Gasteiger partial charge < -0.3 is 11.5 Å². The first-order valence-corrected chi connectivity index (χ1v) is 5.06. The zero-order chi connectivity index (χ0) is 12.4. The van der Waals surface area contributed by atoms with Gasteiger partial charge in [0, 0.05) is 0 Å². The number of nitrogens with one attached hydrogen (secondary N) is 2. The largest absolute Gasteiger partial charge is 0.370 e. The highest BCUT2D eigenvalue weighted by atomic mass is 15.3. The van der Waals surface area contributed by atoms with Gasteiger partial charge in [0.25, 0.3) is 0 Å². The summed E-state index contributed by atoms with van der Waals surface area (Å²) in [5.74, 6) is -0.372. The van der Waals surface area contributed by atoms with Crippen LogP contribution in [0, 0.1) is 16.2 Å². The average molecular weight is 213 g/mol. The molecule has 15 heavy (non-hydrogen) atoms. The normalized spacial score (nSPS) is 12.3. The van der Waals surface area contributed by atoms with Gasteiger partial charge in [-0.3, -0.25) is 15.7 Å². The first-order chi connectivity index (χ1) is 6.58. The van der Waals surface area contributed by atoms with E-state index < -0.39 is 5.54 Å². The minimum absolute atomic E-state index is 0.0929. The van der Waals surface area contributed by atoms with Gasteiger partial charge in [-0.2, -0.15) is 0 Å². The molecule has 0 rings (SSSR count). The Bertz CT molecular complexity index is 253. The molecule has 0 aromatic carbocycles. The SMILES string of the molecule is CCC(C)(C)C(C)(C)N(C(=N)N)C(=N)N. The van der Waals surface area contributed by atoms with Gasteiger partial charge in [-0.1, -0.05) is 20.8 Å². The quantitative estimate of drug-likeness (QED) is 0.419. The fourth-order valence-electron chi connectivity index (χ4n) is 1.47. The summed E-state index contributed by atoms with van der Waals surface area (Å²) < 4.78 is 0. The minimum Gasteiger partial charge on any atom is -0.370 e. The monoisotopic (exact) mass is 213 g/mol. The van der Waals surface area contributed by atoms with E-state index in [0.29, 0.717) is 0 Å². The van der Waals surface area contributed by atoms with Crippen molar-refractivity contribution in [1.29, 1.82) is 10.8 Å². The third-order valence-corrected chi connectivity index (χ3v) is 3.58. The number of guanidine groups is 2. The summed E-state index contributed by atoms with van der Waals surface area (Å²) in [6.07, 6.45) is 0.914. The van der Waals surface area contributed by atoms with Gasteiger partial charge in [0.2, 0.25) is 0 Å². The third-order valence-electron chi connectivity index (χ3n) is 3.58. The predicted molar refractivity (Wildman–Crippen MR) is 63.8 cm³/mol. The Morgan fingerprint density at radius 3 is 1.60 bits per heavy atom. The van der Waals surface area contributed by atoms with E-state index in [-0.39, 0.29) is 17.3 Å². The summed E-state index contributed by atoms with van der Waals surface area (Å²) in [7, 11) is 0. The summed E-state index contributed by atoms with van der Waals surface area (Å²) in [6, 6.07) is 0. The van der Waals surface area contributed by atoms with E-state index >= 15 is 0 Å². The van der Waals surface area contributed by atoms with E-state index in [0.717, 1.165) is 6.42 Å². The number of hydrogen-bond donors (Lipinski definition) is 4. The Morgan fingerprint density at radius 1 is 1.07 bits per heavy atom. The van der Waals surface area contributed by atoms with Crippen molar-refractivity contribution in [2.75, 3.05) is 0 Å². The van der Waals surface area contributed by atoms with Gasteiger partial charge in [0.15, 0.2) is 11.9 Å². The predicted octanol–water partition coefficient (Wildman–Crippen LogP) is 1.29. The second-order valence-electron chi connectivity index (χ2n) is 4.90. The van der Waals surface area contributed by atoms with Crippen LogP contribution in [0.4, 0.5) is 0 Å². The maximum absolute atomic E-state index is 7.48. The van der Waals surface area contributed by atoms with Crippen molar-refractivity contribution in [3.63, 3.8) is 0 Å². The molecule has 5 nitrogen and oxygen atoms in total. The molecule has 0 radical (unpaired) electrons. The molecule has 6 N–H and O–H groups in total. The van der Waals surface area contributed by atoms with Crippen LogP contribution in [0.15, 0.2) is 0 Å². The van der Waals surface area contributed by atoms with Crippen LogP contribution in [0.25, 0.3) is 0 Å². The number of hydrogen-bond acceptors (Lipinski definition) is 2. The van der Waals surface area contributed by atoms with Crippen molar-refractivity contribution in [1.82, 2.24) is 4.90 Å². The van der Waals surface area contributed by atoms with Crippen molar-refractivity contribution < 1.29 is 0 Å². The Labute approximate surface area is 91.8 Å². The van der Waals surface area contributed by atoms with Crippen LogP contribution in [0.3, 0.4) is 0 Å². The van der Waals surface area contributed by atoms with Crippen molar-refractivity contribution >= 4 is 11.9 Å². The van der Waals surface area contributed by atoms with Crippen LogP contribution in [-0.2, 0) is 0 Å². The van der Waals surface area contributed by atoms with E-state index in [1.165, 1.54) is 4.90 Å². The van der Waals surface area contributed by atoms with Crippen LogP contribution >= 0.6 is 0 Å². The smallest absolute Gasteiger partial charge is 0.195 e. The minimum atomic E-state index is -0.459. The second kappa shape index (κ2) is 4.08. The first kappa shape index (κ1) is 13.7. The molecule has 0 saturated carbocycles. The number of nitrogens with zero attached hydrogens (tertiary/aromatic N) is 1. The lowest BCUT2D eigenvalue weighted by Gasteiger charge is -2.48. The Hall–Kier alpha value is -1.26. The molecule has 0 aromatic heterocycles. The Morgan fingerprint density at radius 2 is 1.40 bits per heavy atom. The summed E-state index contributed by atoms with van der Waals surface area (Å²) in [4.78, 5) is 1.36. The number of nitrogens with two attached hydrogens (primary N) is 2. The highest BCUT2D eigenvalue weighted by Crippen LogP contribution is 2.38. The van der Waals surface area contributed by atoms with Crippen LogP contribution in [0.2, 0.25) is 0 Å². The van der Waals surface area contributed by atoms with Crippen molar-refractivity contribution in [2.24, 2.45) is 16.9 Å². The van der Waals surface area contributed by atoms with Crippen LogP contribution in [0.1, 0.15) is 41.0 Å². The lowest BCUT2D eigenvalue weighted by Crippen LogP contribution is -2.62. The maximum atomic E-state index is 7.48. The highest BCUT2D eigenvalue weighted by molar-refractivity contribution is 5.95. The molecule has 0 spiro atoms. The van der Waals surface area contributed by atoms with Gasteiger partial charge in [-0.25, -0.2) is 0 Å². The molecular weight excluding hydrogens is 190 g/mol. The molecule has 0 atom stereocenters. The van der Waals surface area contributed by atoms with E-state index in [9.17, 15) is 0 Å². The summed E-state index contributed by atoms with van der Waals surface area (Å²) >= 11 is 0. The van der Waals surface area contributed by atoms with Crippen molar-refractivity contribution in [2.45, 2.75) is 46.6 Å². The zero-order valence-corrected chi connectivity index (χ0v) is 10.3. The molecular formula is C10H23N5. The highest BCUT2D eigenvalue weighted by Gasteiger charge is 2.42. The molecule has 0 fully saturated rings. The Kier molecular flexibility index (Phi) is 3.74. The molecule has 5 heteroatoms. The maximum Gasteiger partial charge on any atom is 0.195 e. The van der Waals surface area contributed by atoms with E-state index in [4.69, 9.17) is 22.3 Å². The fraction of sp³-hybridized carbons (Fsp3) is 0.800. The summed E-state index contributed by atoms with van der Waals surface area (Å²) in [6.45, 7) is 10.1. The van der Waals surface area contributed by atoms with Crippen molar-refractivity contribution in [3.05, 3.63) is 0 Å². The average Bonchev–Trinajstić information content (AvgIpc) is 2.01. The molecule has 0 aliphatic rings. The molecule has 0 heterocycles. The standard InChI is InChI=1S/C10H23N5/c1-6-9(2,3)10(4,5)15(7(11)12)8(13)14/h6H2,1-5H3,(H3,11,12)(H3,13,14). The molecule has 0 bridgehead atoms. The van der Waals surface area contributed by atoms with Crippen LogP contribution in [0.5, 0.6) is 0 Å². The molecule has 88 valence electrons. The summed E-state index contributed by atoms with van der Waals surface area (Å²) in [5, 5.41) is 15.0. The lowest BCUT2D eigenvalue weighted by atomic mass is 9.71. The molecule has 0 aliphatic carbocycles. The van der Waals surface area contributed by atoms with Gasteiger partial charge in [0.1, 0.15) is 0 Å². The van der Waals surface area contributed by atoms with Crippen molar-refractivity contribution in [3.8, 4) is 0 Å². The van der Waals surface area contributed by atoms with Gasteiger partial charge >= 0.3 is 0 Å². The van der Waals surface area contributed by atoms with E-state index in [1.54, 1.807) is 0 Å². The van der Waals surface area contributed by atoms with Gasteiger partial charge in [0.05, 0.1) is 5.54 Å². The molecule has 0 unspecified atom stereocenters. The molecule has 0 saturated heterocycles. The van der Waals surface area contributed by atoms with Gasteiger partial charge in [-0.15, -0.1) is 0 Å².